The first kappa shape index (κ1) is 11.8. The number of hydrogen-bond donors (Lipinski definition) is 4. The lowest BCUT2D eigenvalue weighted by atomic mass is 10.0. The fourth-order valence-electron chi connectivity index (χ4n) is 1.66. The molecule has 0 saturated carbocycles. The first-order valence-corrected chi connectivity index (χ1v) is 5.20. The highest BCUT2D eigenvalue weighted by molar-refractivity contribution is 5.87. The van der Waals surface area contributed by atoms with Crippen LogP contribution in [0.25, 0.3) is 0 Å². The standard InChI is InChI=1S/C9H18N4O2/c1-2-6(8(10)13-15)12-7-4-3-5-11-9(7)14/h6-7,12,15H,2-5H2,1H3,(H2,10,13)(H,11,14). The van der Waals surface area contributed by atoms with Crippen molar-refractivity contribution in [2.75, 3.05) is 6.54 Å². The van der Waals surface area contributed by atoms with Crippen LogP contribution in [0.5, 0.6) is 0 Å². The molecule has 1 saturated heterocycles. The van der Waals surface area contributed by atoms with Gasteiger partial charge in [-0.1, -0.05) is 12.1 Å². The SMILES string of the molecule is CCC(NC1CCCNC1=O)C(N)=NO. The molecule has 0 aliphatic carbocycles. The van der Waals surface area contributed by atoms with Gasteiger partial charge in [0.25, 0.3) is 0 Å². The number of nitrogens with one attached hydrogen (secondary N) is 2. The molecule has 1 aliphatic rings. The first-order chi connectivity index (χ1) is 7.19. The van der Waals surface area contributed by atoms with Crippen LogP contribution in [0.1, 0.15) is 26.2 Å². The van der Waals surface area contributed by atoms with Crippen molar-refractivity contribution in [3.8, 4) is 0 Å². The second kappa shape index (κ2) is 5.55. The van der Waals surface area contributed by atoms with Crippen LogP contribution in [-0.2, 0) is 4.79 Å². The number of oxime groups is 1. The maximum absolute atomic E-state index is 11.4. The Bertz CT molecular complexity index is 254. The third-order valence-corrected chi connectivity index (χ3v) is 2.57. The van der Waals surface area contributed by atoms with E-state index in [1.807, 2.05) is 6.92 Å². The summed E-state index contributed by atoms with van der Waals surface area (Å²) < 4.78 is 0. The van der Waals surface area contributed by atoms with E-state index < -0.39 is 0 Å². The molecule has 15 heavy (non-hydrogen) atoms. The summed E-state index contributed by atoms with van der Waals surface area (Å²) in [5.41, 5.74) is 5.50. The summed E-state index contributed by atoms with van der Waals surface area (Å²) >= 11 is 0. The van der Waals surface area contributed by atoms with Crippen LogP contribution < -0.4 is 16.4 Å². The Kier molecular flexibility index (Phi) is 4.36. The predicted molar refractivity (Wildman–Crippen MR) is 56.7 cm³/mol. The molecule has 0 aromatic carbocycles. The summed E-state index contributed by atoms with van der Waals surface area (Å²) in [4.78, 5) is 11.4. The Morgan fingerprint density at radius 3 is 3.13 bits per heavy atom. The van der Waals surface area contributed by atoms with Crippen molar-refractivity contribution in [1.29, 1.82) is 0 Å². The van der Waals surface area contributed by atoms with Crippen LogP contribution in [0.15, 0.2) is 5.16 Å². The largest absolute Gasteiger partial charge is 0.409 e. The lowest BCUT2D eigenvalue weighted by Gasteiger charge is -2.26. The Labute approximate surface area is 88.9 Å². The number of amidine groups is 1. The number of carbonyl (C=O) groups is 1. The number of hydrogen-bond acceptors (Lipinski definition) is 4. The van der Waals surface area contributed by atoms with E-state index in [2.05, 4.69) is 15.8 Å². The minimum Gasteiger partial charge on any atom is -0.409 e. The highest BCUT2D eigenvalue weighted by Crippen LogP contribution is 2.05. The van der Waals surface area contributed by atoms with Crippen LogP contribution in [0.3, 0.4) is 0 Å². The van der Waals surface area contributed by atoms with Gasteiger partial charge in [0.05, 0.1) is 12.1 Å². The summed E-state index contributed by atoms with van der Waals surface area (Å²) in [5, 5.41) is 17.4. The molecule has 0 spiro atoms. The molecule has 86 valence electrons. The van der Waals surface area contributed by atoms with Crippen molar-refractivity contribution in [2.24, 2.45) is 10.9 Å². The summed E-state index contributed by atoms with van der Waals surface area (Å²) in [6.45, 7) is 2.65. The third kappa shape index (κ3) is 3.09. The van der Waals surface area contributed by atoms with Crippen molar-refractivity contribution in [2.45, 2.75) is 38.3 Å². The lowest BCUT2D eigenvalue weighted by Crippen LogP contribution is -2.54. The number of rotatable bonds is 4. The van der Waals surface area contributed by atoms with Gasteiger partial charge < -0.3 is 16.3 Å². The van der Waals surface area contributed by atoms with E-state index in [4.69, 9.17) is 10.9 Å². The molecule has 1 amide bonds. The number of nitrogens with zero attached hydrogens (tertiary/aromatic N) is 1. The Morgan fingerprint density at radius 1 is 1.87 bits per heavy atom. The van der Waals surface area contributed by atoms with Gasteiger partial charge in [-0.25, -0.2) is 0 Å². The monoisotopic (exact) mass is 214 g/mol. The van der Waals surface area contributed by atoms with E-state index in [9.17, 15) is 4.79 Å². The minimum atomic E-state index is -0.246. The van der Waals surface area contributed by atoms with E-state index >= 15 is 0 Å². The zero-order valence-corrected chi connectivity index (χ0v) is 8.86. The Hall–Kier alpha value is -1.30. The van der Waals surface area contributed by atoms with Gasteiger partial charge in [0.15, 0.2) is 5.84 Å². The summed E-state index contributed by atoms with van der Waals surface area (Å²) in [7, 11) is 0. The van der Waals surface area contributed by atoms with Gasteiger partial charge in [-0.2, -0.15) is 0 Å². The molecule has 6 heteroatoms. The molecular formula is C9H18N4O2. The Morgan fingerprint density at radius 2 is 2.60 bits per heavy atom. The van der Waals surface area contributed by atoms with Crippen LogP contribution in [0.2, 0.25) is 0 Å². The first-order valence-electron chi connectivity index (χ1n) is 5.20. The number of nitrogens with two attached hydrogens (primary N) is 1. The zero-order chi connectivity index (χ0) is 11.3. The van der Waals surface area contributed by atoms with Gasteiger partial charge in [-0.3, -0.25) is 10.1 Å². The highest BCUT2D eigenvalue weighted by atomic mass is 16.4. The topological polar surface area (TPSA) is 99.7 Å². The molecule has 1 heterocycles. The van der Waals surface area contributed by atoms with Crippen LogP contribution in [0, 0.1) is 0 Å². The van der Waals surface area contributed by atoms with Crippen LogP contribution >= 0.6 is 0 Å². The molecule has 5 N–H and O–H groups in total. The van der Waals surface area contributed by atoms with Crippen molar-refractivity contribution in [1.82, 2.24) is 10.6 Å². The minimum absolute atomic E-state index is 0.00885. The van der Waals surface area contributed by atoms with Crippen molar-refractivity contribution in [3.63, 3.8) is 0 Å². The molecule has 1 rings (SSSR count). The molecule has 0 radical (unpaired) electrons. The van der Waals surface area contributed by atoms with E-state index in [0.29, 0.717) is 6.42 Å². The maximum Gasteiger partial charge on any atom is 0.237 e. The molecule has 0 aromatic heterocycles. The summed E-state index contributed by atoms with van der Waals surface area (Å²) in [6, 6.07) is -0.479. The van der Waals surface area contributed by atoms with Crippen LogP contribution in [0.4, 0.5) is 0 Å². The predicted octanol–water partition coefficient (Wildman–Crippen LogP) is -0.620. The van der Waals surface area contributed by atoms with E-state index in [0.717, 1.165) is 19.4 Å². The normalized spacial score (nSPS) is 24.7. The smallest absolute Gasteiger partial charge is 0.237 e. The van der Waals surface area contributed by atoms with Crippen molar-refractivity contribution < 1.29 is 10.0 Å². The fraction of sp³-hybridized carbons (Fsp3) is 0.778. The number of piperidine rings is 1. The Balaban J connectivity index is 2.53. The second-order valence-corrected chi connectivity index (χ2v) is 3.64. The van der Waals surface area contributed by atoms with Crippen molar-refractivity contribution in [3.05, 3.63) is 0 Å². The molecule has 2 atom stereocenters. The van der Waals surface area contributed by atoms with Gasteiger partial charge in [-0.05, 0) is 19.3 Å². The second-order valence-electron chi connectivity index (χ2n) is 3.64. The van der Waals surface area contributed by atoms with Crippen LogP contribution in [-0.4, -0.2) is 35.6 Å². The number of carbonyl (C=O) groups excluding carboxylic acids is 1. The zero-order valence-electron chi connectivity index (χ0n) is 8.86. The fourth-order valence-corrected chi connectivity index (χ4v) is 1.66. The molecule has 1 aliphatic heterocycles. The van der Waals surface area contributed by atoms with E-state index in [1.54, 1.807) is 0 Å². The molecule has 1 fully saturated rings. The van der Waals surface area contributed by atoms with Gasteiger partial charge in [0.1, 0.15) is 0 Å². The lowest BCUT2D eigenvalue weighted by molar-refractivity contribution is -0.124. The molecular weight excluding hydrogens is 196 g/mol. The van der Waals surface area contributed by atoms with E-state index in [1.165, 1.54) is 0 Å². The summed E-state index contributed by atoms with van der Waals surface area (Å²) in [5.74, 6) is 0.112. The maximum atomic E-state index is 11.4. The third-order valence-electron chi connectivity index (χ3n) is 2.57. The average molecular weight is 214 g/mol. The van der Waals surface area contributed by atoms with Gasteiger partial charge in [0, 0.05) is 6.54 Å². The van der Waals surface area contributed by atoms with Gasteiger partial charge in [-0.15, -0.1) is 0 Å². The molecule has 6 nitrogen and oxygen atoms in total. The number of amides is 1. The van der Waals surface area contributed by atoms with Gasteiger partial charge in [0.2, 0.25) is 5.91 Å². The highest BCUT2D eigenvalue weighted by Gasteiger charge is 2.25. The summed E-state index contributed by atoms with van der Waals surface area (Å²) in [6.07, 6.45) is 2.43. The van der Waals surface area contributed by atoms with E-state index in [-0.39, 0.29) is 23.8 Å². The molecule has 0 aromatic rings. The quantitative estimate of drug-likeness (QED) is 0.217. The molecule has 2 unspecified atom stereocenters. The molecule has 0 bridgehead atoms. The van der Waals surface area contributed by atoms with Crippen molar-refractivity contribution >= 4 is 11.7 Å². The average Bonchev–Trinajstić information content (AvgIpc) is 2.27. The van der Waals surface area contributed by atoms with Gasteiger partial charge >= 0.3 is 0 Å².